The smallest absolute Gasteiger partial charge is 0.355 e. The molecule has 12 heteroatoms. The van der Waals surface area contributed by atoms with E-state index >= 15 is 0 Å². The highest BCUT2D eigenvalue weighted by Crippen LogP contribution is 2.29. The molecule has 2 aliphatic rings. The number of nitrogens with zero attached hydrogens (tertiary/aromatic N) is 6. The van der Waals surface area contributed by atoms with Crippen molar-refractivity contribution < 1.29 is 22.8 Å². The fourth-order valence-corrected chi connectivity index (χ4v) is 4.52. The average molecular weight is 487 g/mol. The number of anilines is 2. The van der Waals surface area contributed by atoms with Crippen molar-refractivity contribution in [2.24, 2.45) is 5.92 Å². The molecule has 184 valence electrons. The summed E-state index contributed by atoms with van der Waals surface area (Å²) in [4.78, 5) is 28.3. The van der Waals surface area contributed by atoms with Gasteiger partial charge in [0.1, 0.15) is 5.82 Å². The molecular weight excluding hydrogens is 463 g/mol. The Kier molecular flexibility index (Phi) is 6.03. The third kappa shape index (κ3) is 4.91. The maximum Gasteiger partial charge on any atom is 0.453 e. The van der Waals surface area contributed by atoms with Gasteiger partial charge in [-0.05, 0) is 49.1 Å². The number of fused-ring (bicyclic) bond motifs is 1. The Hall–Kier alpha value is -3.70. The minimum absolute atomic E-state index is 0.0217. The van der Waals surface area contributed by atoms with Crippen molar-refractivity contribution in [2.75, 3.05) is 29.9 Å². The highest BCUT2D eigenvalue weighted by atomic mass is 19.4. The highest BCUT2D eigenvalue weighted by Gasteiger charge is 2.38. The Morgan fingerprint density at radius 3 is 2.43 bits per heavy atom. The van der Waals surface area contributed by atoms with Crippen molar-refractivity contribution >= 4 is 29.0 Å². The normalized spacial score (nSPS) is 17.4. The van der Waals surface area contributed by atoms with Crippen LogP contribution in [-0.2, 0) is 22.3 Å². The van der Waals surface area contributed by atoms with Crippen LogP contribution in [0.1, 0.15) is 37.1 Å². The maximum absolute atomic E-state index is 13.1. The van der Waals surface area contributed by atoms with E-state index in [1.165, 1.54) is 6.07 Å². The first-order chi connectivity index (χ1) is 16.8. The van der Waals surface area contributed by atoms with Crippen LogP contribution in [0.5, 0.6) is 0 Å². The zero-order chi connectivity index (χ0) is 24.6. The van der Waals surface area contributed by atoms with E-state index in [2.05, 4.69) is 20.6 Å². The second-order valence-electron chi connectivity index (χ2n) is 8.85. The van der Waals surface area contributed by atoms with Crippen molar-refractivity contribution in [3.63, 3.8) is 0 Å². The van der Waals surface area contributed by atoms with Gasteiger partial charge in [-0.1, -0.05) is 12.1 Å². The highest BCUT2D eigenvalue weighted by molar-refractivity contribution is 5.92. The van der Waals surface area contributed by atoms with Gasteiger partial charge in [-0.3, -0.25) is 9.59 Å². The molecule has 1 aromatic carbocycles. The first-order valence-corrected chi connectivity index (χ1v) is 11.5. The molecular formula is C23H24F3N7O2. The molecule has 0 saturated carbocycles. The molecule has 2 amide bonds. The molecule has 4 heterocycles. The lowest BCUT2D eigenvalue weighted by molar-refractivity contribution is -0.146. The maximum atomic E-state index is 13.1. The number of nitrogens with one attached hydrogen (secondary N) is 1. The number of hydrogen-bond donors (Lipinski definition) is 1. The first-order valence-electron chi connectivity index (χ1n) is 11.5. The fraction of sp³-hybridized carbons (Fsp3) is 0.435. The monoisotopic (exact) mass is 487 g/mol. The summed E-state index contributed by atoms with van der Waals surface area (Å²) in [6, 6.07) is 10.5. The van der Waals surface area contributed by atoms with Crippen LogP contribution < -0.4 is 10.2 Å². The molecule has 0 spiro atoms. The van der Waals surface area contributed by atoms with Gasteiger partial charge in [-0.25, -0.2) is 0 Å². The third-order valence-electron chi connectivity index (χ3n) is 6.46. The van der Waals surface area contributed by atoms with Gasteiger partial charge in [0.2, 0.25) is 11.8 Å². The Balaban J connectivity index is 1.17. The predicted molar refractivity (Wildman–Crippen MR) is 120 cm³/mol. The van der Waals surface area contributed by atoms with Gasteiger partial charge < -0.3 is 15.1 Å². The van der Waals surface area contributed by atoms with Crippen LogP contribution in [0.3, 0.4) is 0 Å². The lowest BCUT2D eigenvalue weighted by atomic mass is 9.95. The van der Waals surface area contributed by atoms with Gasteiger partial charge in [0, 0.05) is 44.2 Å². The largest absolute Gasteiger partial charge is 0.453 e. The molecule has 1 N–H and O–H groups in total. The van der Waals surface area contributed by atoms with Crippen LogP contribution >= 0.6 is 0 Å². The molecule has 35 heavy (non-hydrogen) atoms. The number of aromatic nitrogens is 4. The van der Waals surface area contributed by atoms with Crippen molar-refractivity contribution in [2.45, 2.75) is 38.4 Å². The van der Waals surface area contributed by atoms with E-state index in [9.17, 15) is 22.8 Å². The van der Waals surface area contributed by atoms with Gasteiger partial charge in [-0.15, -0.1) is 15.3 Å². The lowest BCUT2D eigenvalue weighted by Crippen LogP contribution is -2.38. The number of benzene rings is 1. The molecule has 2 fully saturated rings. The molecule has 0 atom stereocenters. The van der Waals surface area contributed by atoms with E-state index in [0.29, 0.717) is 54.9 Å². The molecule has 9 nitrogen and oxygen atoms in total. The minimum Gasteiger partial charge on any atom is -0.355 e. The standard InChI is InChI=1S/C23H24F3N7O2/c24-23(25,26)22-29-28-18-7-8-19(30-33(18)22)31-12-9-16(10-13-31)21(35)27-17-5-3-15(4-6-17)14-32-11-1-2-20(32)34/h3-8,16H,1-2,9-14H2,(H,27,35). The van der Waals surface area contributed by atoms with Gasteiger partial charge in [0.15, 0.2) is 5.65 Å². The van der Waals surface area contributed by atoms with Gasteiger partial charge in [0.05, 0.1) is 0 Å². The van der Waals surface area contributed by atoms with Crippen LogP contribution in [0.15, 0.2) is 36.4 Å². The summed E-state index contributed by atoms with van der Waals surface area (Å²) in [5.74, 6) is -0.909. The van der Waals surface area contributed by atoms with E-state index in [-0.39, 0.29) is 23.4 Å². The predicted octanol–water partition coefficient (Wildman–Crippen LogP) is 3.12. The van der Waals surface area contributed by atoms with E-state index in [0.717, 1.165) is 18.5 Å². The molecule has 0 bridgehead atoms. The van der Waals surface area contributed by atoms with Gasteiger partial charge in [-0.2, -0.15) is 17.7 Å². The summed E-state index contributed by atoms with van der Waals surface area (Å²) in [6.45, 7) is 2.33. The van der Waals surface area contributed by atoms with Crippen LogP contribution in [0.25, 0.3) is 5.65 Å². The summed E-state index contributed by atoms with van der Waals surface area (Å²) < 4.78 is 40.1. The number of likely N-dealkylation sites (tertiary alicyclic amines) is 1. The summed E-state index contributed by atoms with van der Waals surface area (Å²) in [6.07, 6.45) is -2.05. The Morgan fingerprint density at radius 2 is 1.77 bits per heavy atom. The lowest BCUT2D eigenvalue weighted by Gasteiger charge is -2.32. The molecule has 3 aromatic rings. The third-order valence-corrected chi connectivity index (χ3v) is 6.46. The zero-order valence-electron chi connectivity index (χ0n) is 18.8. The average Bonchev–Trinajstić information content (AvgIpc) is 3.46. The topological polar surface area (TPSA) is 95.7 Å². The van der Waals surface area contributed by atoms with E-state index < -0.39 is 12.0 Å². The zero-order valence-corrected chi connectivity index (χ0v) is 18.8. The number of carbonyl (C=O) groups is 2. The number of alkyl halides is 3. The number of piperidine rings is 1. The van der Waals surface area contributed by atoms with E-state index in [4.69, 9.17) is 0 Å². The number of hydrogen-bond acceptors (Lipinski definition) is 6. The minimum atomic E-state index is -4.65. The van der Waals surface area contributed by atoms with Crippen molar-refractivity contribution in [3.05, 3.63) is 47.8 Å². The molecule has 0 aliphatic carbocycles. The summed E-state index contributed by atoms with van der Waals surface area (Å²) in [7, 11) is 0. The number of halogens is 3. The molecule has 0 unspecified atom stereocenters. The molecule has 2 saturated heterocycles. The SMILES string of the molecule is O=C(Nc1ccc(CN2CCCC2=O)cc1)C1CCN(c2ccc3nnc(C(F)(F)F)n3n2)CC1. The summed E-state index contributed by atoms with van der Waals surface area (Å²) in [5.41, 5.74) is 1.72. The molecule has 2 aliphatic heterocycles. The number of rotatable bonds is 5. The molecule has 5 rings (SSSR count). The Labute approximate surface area is 198 Å². The van der Waals surface area contributed by atoms with Crippen molar-refractivity contribution in [1.82, 2.24) is 24.7 Å². The summed E-state index contributed by atoms with van der Waals surface area (Å²) >= 11 is 0. The van der Waals surface area contributed by atoms with Crippen LogP contribution in [0, 0.1) is 5.92 Å². The number of carbonyl (C=O) groups excluding carboxylic acids is 2. The van der Waals surface area contributed by atoms with Crippen LogP contribution in [0.2, 0.25) is 0 Å². The van der Waals surface area contributed by atoms with E-state index in [1.54, 1.807) is 6.07 Å². The number of amides is 2. The van der Waals surface area contributed by atoms with Gasteiger partial charge in [0.25, 0.3) is 5.82 Å². The Bertz CT molecular complexity index is 1230. The second-order valence-corrected chi connectivity index (χ2v) is 8.85. The van der Waals surface area contributed by atoms with E-state index in [1.807, 2.05) is 34.1 Å². The Morgan fingerprint density at radius 1 is 1.03 bits per heavy atom. The quantitative estimate of drug-likeness (QED) is 0.594. The first kappa shape index (κ1) is 23.1. The van der Waals surface area contributed by atoms with Crippen LogP contribution in [-0.4, -0.2) is 56.2 Å². The fourth-order valence-electron chi connectivity index (χ4n) is 4.52. The van der Waals surface area contributed by atoms with Crippen molar-refractivity contribution in [1.29, 1.82) is 0 Å². The second kappa shape index (κ2) is 9.16. The summed E-state index contributed by atoms with van der Waals surface area (Å²) in [5, 5.41) is 13.7. The molecule has 0 radical (unpaired) electrons. The van der Waals surface area contributed by atoms with Crippen molar-refractivity contribution in [3.8, 4) is 0 Å². The van der Waals surface area contributed by atoms with Gasteiger partial charge >= 0.3 is 6.18 Å². The molecule has 2 aromatic heterocycles. The van der Waals surface area contributed by atoms with Crippen LogP contribution in [0.4, 0.5) is 24.7 Å².